The largest absolute Gasteiger partial charge is 0.150 e. The Kier molecular flexibility index (Phi) is 2.75. The minimum absolute atomic E-state index is 0.903. The van der Waals surface area contributed by atoms with Crippen molar-refractivity contribution < 1.29 is 0 Å². The highest BCUT2D eigenvalue weighted by Crippen LogP contribution is 2.26. The first-order valence-electron chi connectivity index (χ1n) is 6.89. The van der Waals surface area contributed by atoms with E-state index in [-0.39, 0.29) is 0 Å². The Labute approximate surface area is 122 Å². The number of fused-ring (bicyclic) bond motifs is 1. The van der Waals surface area contributed by atoms with E-state index in [1.807, 2.05) is 60.7 Å². The van der Waals surface area contributed by atoms with Crippen LogP contribution in [0.3, 0.4) is 0 Å². The van der Waals surface area contributed by atoms with Crippen LogP contribution in [0.1, 0.15) is 0 Å². The Balaban J connectivity index is 1.93. The van der Waals surface area contributed by atoms with E-state index in [1.54, 1.807) is 4.80 Å². The molecule has 3 nitrogen and oxygen atoms in total. The second-order valence-corrected chi connectivity index (χ2v) is 4.86. The fourth-order valence-corrected chi connectivity index (χ4v) is 2.48. The molecular weight excluding hydrogens is 258 g/mol. The van der Waals surface area contributed by atoms with Gasteiger partial charge in [0, 0.05) is 5.56 Å². The molecule has 21 heavy (non-hydrogen) atoms. The summed E-state index contributed by atoms with van der Waals surface area (Å²) < 4.78 is 0. The minimum atomic E-state index is 0.903. The molecule has 1 aromatic heterocycles. The maximum absolute atomic E-state index is 4.57. The fraction of sp³-hybridized carbons (Fsp3) is 0. The number of hydrogen-bond donors (Lipinski definition) is 0. The number of benzene rings is 3. The van der Waals surface area contributed by atoms with Crippen LogP contribution in [0.2, 0.25) is 0 Å². The fourth-order valence-electron chi connectivity index (χ4n) is 2.48. The van der Waals surface area contributed by atoms with Crippen LogP contribution in [-0.2, 0) is 0 Å². The standard InChI is InChI=1S/C18H13N3/c1-2-8-14(9-3-1)15-10-4-7-13-18(15)21-19-16-11-5-6-12-17(16)20-21/h1-13H. The molecule has 100 valence electrons. The molecule has 0 fully saturated rings. The van der Waals surface area contributed by atoms with Gasteiger partial charge in [0.15, 0.2) is 0 Å². The molecule has 0 aliphatic rings. The molecule has 0 bridgehead atoms. The highest BCUT2D eigenvalue weighted by molar-refractivity contribution is 5.76. The molecule has 1 heterocycles. The van der Waals surface area contributed by atoms with Crippen LogP contribution in [-0.4, -0.2) is 15.0 Å². The lowest BCUT2D eigenvalue weighted by Gasteiger charge is -2.08. The van der Waals surface area contributed by atoms with E-state index in [1.165, 1.54) is 0 Å². The quantitative estimate of drug-likeness (QED) is 0.550. The zero-order valence-electron chi connectivity index (χ0n) is 11.3. The van der Waals surface area contributed by atoms with Gasteiger partial charge in [-0.3, -0.25) is 0 Å². The zero-order valence-corrected chi connectivity index (χ0v) is 11.3. The van der Waals surface area contributed by atoms with Crippen molar-refractivity contribution in [2.45, 2.75) is 0 Å². The third-order valence-corrected chi connectivity index (χ3v) is 3.49. The molecule has 0 N–H and O–H groups in total. The van der Waals surface area contributed by atoms with Crippen molar-refractivity contribution in [1.29, 1.82) is 0 Å². The molecule has 4 aromatic rings. The predicted molar refractivity (Wildman–Crippen MR) is 84.3 cm³/mol. The van der Waals surface area contributed by atoms with Crippen LogP contribution < -0.4 is 0 Å². The van der Waals surface area contributed by atoms with E-state index in [0.29, 0.717) is 0 Å². The monoisotopic (exact) mass is 271 g/mol. The first kappa shape index (κ1) is 11.9. The lowest BCUT2D eigenvalue weighted by Crippen LogP contribution is -2.00. The number of aromatic nitrogens is 3. The van der Waals surface area contributed by atoms with Crippen LogP contribution in [0, 0.1) is 0 Å². The van der Waals surface area contributed by atoms with Gasteiger partial charge in [-0.25, -0.2) is 0 Å². The molecule has 0 spiro atoms. The highest BCUT2D eigenvalue weighted by Gasteiger charge is 2.09. The van der Waals surface area contributed by atoms with Gasteiger partial charge in [-0.2, -0.15) is 0 Å². The van der Waals surface area contributed by atoms with E-state index in [4.69, 9.17) is 0 Å². The van der Waals surface area contributed by atoms with Crippen LogP contribution in [0.4, 0.5) is 0 Å². The van der Waals surface area contributed by atoms with E-state index in [0.717, 1.165) is 27.8 Å². The van der Waals surface area contributed by atoms with Gasteiger partial charge in [-0.1, -0.05) is 60.7 Å². The third-order valence-electron chi connectivity index (χ3n) is 3.49. The van der Waals surface area contributed by atoms with E-state index >= 15 is 0 Å². The zero-order chi connectivity index (χ0) is 14.1. The maximum Gasteiger partial charge on any atom is 0.113 e. The van der Waals surface area contributed by atoms with Crippen LogP contribution in [0.25, 0.3) is 27.8 Å². The molecular formula is C18H13N3. The summed E-state index contributed by atoms with van der Waals surface area (Å²) in [7, 11) is 0. The second kappa shape index (κ2) is 4.87. The van der Waals surface area contributed by atoms with Gasteiger partial charge in [-0.15, -0.1) is 15.0 Å². The average molecular weight is 271 g/mol. The normalized spacial score (nSPS) is 10.9. The van der Waals surface area contributed by atoms with Gasteiger partial charge in [0.1, 0.15) is 11.0 Å². The van der Waals surface area contributed by atoms with E-state index in [9.17, 15) is 0 Å². The number of para-hydroxylation sites is 1. The Morgan fingerprint density at radius 2 is 1.14 bits per heavy atom. The van der Waals surface area contributed by atoms with Gasteiger partial charge in [0.25, 0.3) is 0 Å². The van der Waals surface area contributed by atoms with Crippen molar-refractivity contribution in [3.05, 3.63) is 78.9 Å². The Hall–Kier alpha value is -2.94. The Morgan fingerprint density at radius 1 is 0.571 bits per heavy atom. The SMILES string of the molecule is c1ccc(-c2ccccc2-n2nc3ccccc3n2)cc1. The number of nitrogens with zero attached hydrogens (tertiary/aromatic N) is 3. The summed E-state index contributed by atoms with van der Waals surface area (Å²) in [6, 6.07) is 26.4. The molecule has 4 rings (SSSR count). The smallest absolute Gasteiger partial charge is 0.113 e. The van der Waals surface area contributed by atoms with Gasteiger partial charge < -0.3 is 0 Å². The van der Waals surface area contributed by atoms with Crippen molar-refractivity contribution >= 4 is 11.0 Å². The second-order valence-electron chi connectivity index (χ2n) is 4.86. The molecule has 0 saturated heterocycles. The molecule has 0 radical (unpaired) electrons. The van der Waals surface area contributed by atoms with Gasteiger partial charge >= 0.3 is 0 Å². The van der Waals surface area contributed by atoms with Crippen molar-refractivity contribution in [2.24, 2.45) is 0 Å². The highest BCUT2D eigenvalue weighted by atomic mass is 15.5. The van der Waals surface area contributed by atoms with Gasteiger partial charge in [-0.05, 0) is 23.8 Å². The van der Waals surface area contributed by atoms with E-state index in [2.05, 4.69) is 28.4 Å². The molecule has 0 amide bonds. The first-order chi connectivity index (χ1) is 10.4. The maximum atomic E-state index is 4.57. The summed E-state index contributed by atoms with van der Waals surface area (Å²) in [6.45, 7) is 0. The van der Waals surface area contributed by atoms with E-state index < -0.39 is 0 Å². The summed E-state index contributed by atoms with van der Waals surface area (Å²) in [5.41, 5.74) is 5.08. The molecule has 0 saturated carbocycles. The molecule has 0 aliphatic heterocycles. The predicted octanol–water partition coefficient (Wildman–Crippen LogP) is 4.09. The van der Waals surface area contributed by atoms with Crippen molar-refractivity contribution in [3.63, 3.8) is 0 Å². The molecule has 0 aliphatic carbocycles. The molecule has 0 atom stereocenters. The summed E-state index contributed by atoms with van der Waals surface area (Å²) >= 11 is 0. The third kappa shape index (κ3) is 2.09. The van der Waals surface area contributed by atoms with Gasteiger partial charge in [0.05, 0.1) is 5.69 Å². The lowest BCUT2D eigenvalue weighted by atomic mass is 10.0. The topological polar surface area (TPSA) is 30.7 Å². The molecule has 3 aromatic carbocycles. The Morgan fingerprint density at radius 3 is 1.86 bits per heavy atom. The lowest BCUT2D eigenvalue weighted by molar-refractivity contribution is 0.767. The summed E-state index contributed by atoms with van der Waals surface area (Å²) in [6.07, 6.45) is 0. The van der Waals surface area contributed by atoms with Crippen LogP contribution >= 0.6 is 0 Å². The molecule has 3 heteroatoms. The summed E-state index contributed by atoms with van der Waals surface area (Å²) in [5.74, 6) is 0. The summed E-state index contributed by atoms with van der Waals surface area (Å²) in [4.78, 5) is 1.72. The first-order valence-corrected chi connectivity index (χ1v) is 6.89. The van der Waals surface area contributed by atoms with Crippen molar-refractivity contribution in [1.82, 2.24) is 15.0 Å². The molecule has 0 unspecified atom stereocenters. The van der Waals surface area contributed by atoms with Crippen molar-refractivity contribution in [3.8, 4) is 16.8 Å². The van der Waals surface area contributed by atoms with Crippen LogP contribution in [0.5, 0.6) is 0 Å². The Bertz CT molecular complexity index is 861. The number of hydrogen-bond acceptors (Lipinski definition) is 2. The van der Waals surface area contributed by atoms with Crippen LogP contribution in [0.15, 0.2) is 78.9 Å². The summed E-state index contributed by atoms with van der Waals surface area (Å²) in [5, 5.41) is 9.15. The minimum Gasteiger partial charge on any atom is -0.150 e. The number of rotatable bonds is 2. The van der Waals surface area contributed by atoms with Crippen molar-refractivity contribution in [2.75, 3.05) is 0 Å². The van der Waals surface area contributed by atoms with Gasteiger partial charge in [0.2, 0.25) is 0 Å². The average Bonchev–Trinajstić information content (AvgIpc) is 2.99.